The highest BCUT2D eigenvalue weighted by molar-refractivity contribution is 5.14. The second kappa shape index (κ2) is 6.91. The third kappa shape index (κ3) is 4.83. The van der Waals surface area contributed by atoms with Gasteiger partial charge in [-0.15, -0.1) is 6.58 Å². The molecule has 0 aliphatic carbocycles. The molecule has 0 saturated heterocycles. The minimum Gasteiger partial charge on any atom is -0.371 e. The van der Waals surface area contributed by atoms with Crippen LogP contribution in [-0.4, -0.2) is 12.2 Å². The molecule has 1 rings (SSSR count). The van der Waals surface area contributed by atoms with Gasteiger partial charge in [0, 0.05) is 6.61 Å². The van der Waals surface area contributed by atoms with Crippen molar-refractivity contribution < 1.29 is 4.74 Å². The van der Waals surface area contributed by atoms with E-state index in [4.69, 9.17) is 4.74 Å². The topological polar surface area (TPSA) is 9.23 Å². The smallest absolute Gasteiger partial charge is 0.0879 e. The fraction of sp³-hybridized carbons (Fsp3) is 0.556. The minimum atomic E-state index is -0.250. The Morgan fingerprint density at radius 1 is 1.05 bits per heavy atom. The lowest BCUT2D eigenvalue weighted by atomic mass is 9.78. The number of aryl methyl sites for hydroxylation is 1. The number of unbranched alkanes of at least 4 members (excludes halogenated alkanes) is 1. The molecule has 0 N–H and O–H groups in total. The van der Waals surface area contributed by atoms with Gasteiger partial charge in [-0.1, -0.05) is 57.2 Å². The fourth-order valence-electron chi connectivity index (χ4n) is 1.94. The molecule has 19 heavy (non-hydrogen) atoms. The molecule has 1 unspecified atom stereocenters. The number of benzene rings is 1. The van der Waals surface area contributed by atoms with Gasteiger partial charge in [0.15, 0.2) is 0 Å². The van der Waals surface area contributed by atoms with Crippen molar-refractivity contribution in [2.45, 2.75) is 52.6 Å². The third-order valence-electron chi connectivity index (χ3n) is 3.98. The highest BCUT2D eigenvalue weighted by Gasteiger charge is 2.35. The lowest BCUT2D eigenvalue weighted by Crippen LogP contribution is -2.40. The maximum atomic E-state index is 6.06. The second-order valence-corrected chi connectivity index (χ2v) is 6.35. The fourth-order valence-corrected chi connectivity index (χ4v) is 1.94. The molecule has 0 saturated carbocycles. The summed E-state index contributed by atoms with van der Waals surface area (Å²) in [6, 6.07) is 10.6. The van der Waals surface area contributed by atoms with Crippen molar-refractivity contribution in [1.82, 2.24) is 0 Å². The van der Waals surface area contributed by atoms with Crippen LogP contribution in [0.25, 0.3) is 0 Å². The van der Waals surface area contributed by atoms with Crippen molar-refractivity contribution in [3.05, 3.63) is 48.6 Å². The molecule has 0 heterocycles. The number of ether oxygens (including phenoxy) is 1. The molecule has 0 fully saturated rings. The van der Waals surface area contributed by atoms with Gasteiger partial charge in [0.1, 0.15) is 0 Å². The van der Waals surface area contributed by atoms with Crippen LogP contribution in [0, 0.1) is 5.41 Å². The second-order valence-electron chi connectivity index (χ2n) is 6.35. The van der Waals surface area contributed by atoms with Crippen LogP contribution >= 0.6 is 0 Å². The lowest BCUT2D eigenvalue weighted by molar-refractivity contribution is -0.0684. The number of rotatable bonds is 7. The zero-order valence-corrected chi connectivity index (χ0v) is 12.9. The van der Waals surface area contributed by atoms with Gasteiger partial charge in [-0.3, -0.25) is 0 Å². The molecule has 1 aromatic carbocycles. The molecule has 1 heteroatoms. The van der Waals surface area contributed by atoms with E-state index >= 15 is 0 Å². The summed E-state index contributed by atoms with van der Waals surface area (Å²) in [5.74, 6) is 0. The highest BCUT2D eigenvalue weighted by atomic mass is 16.5. The molecule has 0 aliphatic rings. The zero-order valence-electron chi connectivity index (χ0n) is 12.9. The predicted octanol–water partition coefficient (Wildman–Crippen LogP) is 5.02. The van der Waals surface area contributed by atoms with Crippen LogP contribution in [-0.2, 0) is 11.2 Å². The summed E-state index contributed by atoms with van der Waals surface area (Å²) >= 11 is 0. The van der Waals surface area contributed by atoms with Crippen molar-refractivity contribution in [2.75, 3.05) is 6.61 Å². The first-order valence-corrected chi connectivity index (χ1v) is 7.20. The Labute approximate surface area is 118 Å². The van der Waals surface area contributed by atoms with Crippen molar-refractivity contribution in [2.24, 2.45) is 5.41 Å². The molecule has 1 aromatic rings. The molecule has 0 aromatic heterocycles. The van der Waals surface area contributed by atoms with E-state index in [2.05, 4.69) is 64.6 Å². The minimum absolute atomic E-state index is 0.0776. The van der Waals surface area contributed by atoms with Gasteiger partial charge in [0.25, 0.3) is 0 Å². The Balaban J connectivity index is 2.29. The van der Waals surface area contributed by atoms with Crippen LogP contribution in [0.1, 0.15) is 46.1 Å². The Morgan fingerprint density at radius 2 is 1.68 bits per heavy atom. The number of hydrogen-bond acceptors (Lipinski definition) is 1. The van der Waals surface area contributed by atoms with Crippen LogP contribution < -0.4 is 0 Å². The Bertz CT molecular complexity index is 374. The summed E-state index contributed by atoms with van der Waals surface area (Å²) in [6.45, 7) is 13.4. The molecule has 0 radical (unpaired) electrons. The van der Waals surface area contributed by atoms with Crippen LogP contribution in [0.3, 0.4) is 0 Å². The molecule has 1 atom stereocenters. The Morgan fingerprint density at radius 3 is 2.21 bits per heavy atom. The monoisotopic (exact) mass is 260 g/mol. The third-order valence-corrected chi connectivity index (χ3v) is 3.98. The molecule has 1 nitrogen and oxygen atoms in total. The van der Waals surface area contributed by atoms with E-state index in [9.17, 15) is 0 Å². The summed E-state index contributed by atoms with van der Waals surface area (Å²) in [7, 11) is 0. The Hall–Kier alpha value is -1.08. The first-order chi connectivity index (χ1) is 8.89. The molecule has 0 spiro atoms. The number of hydrogen-bond donors (Lipinski definition) is 0. The lowest BCUT2D eigenvalue weighted by Gasteiger charge is -2.39. The van der Waals surface area contributed by atoms with Gasteiger partial charge in [0.2, 0.25) is 0 Å². The van der Waals surface area contributed by atoms with Crippen molar-refractivity contribution in [3.8, 4) is 0 Å². The summed E-state index contributed by atoms with van der Waals surface area (Å²) in [5.41, 5.74) is 1.23. The van der Waals surface area contributed by atoms with E-state index in [-0.39, 0.29) is 11.0 Å². The van der Waals surface area contributed by atoms with Gasteiger partial charge < -0.3 is 4.74 Å². The van der Waals surface area contributed by atoms with Crippen molar-refractivity contribution >= 4 is 0 Å². The zero-order chi connectivity index (χ0) is 14.4. The largest absolute Gasteiger partial charge is 0.371 e. The molecule has 0 aliphatic heterocycles. The van der Waals surface area contributed by atoms with E-state index in [0.29, 0.717) is 0 Å². The summed E-state index contributed by atoms with van der Waals surface area (Å²) in [6.07, 6.45) is 5.32. The standard InChI is InChI=1S/C18H28O/c1-6-18(5,17(2,3)4)19-15-11-10-14-16-12-8-7-9-13-16/h6-9,12-13H,1,10-11,14-15H2,2-5H3. The van der Waals surface area contributed by atoms with Gasteiger partial charge in [-0.05, 0) is 37.2 Å². The summed E-state index contributed by atoms with van der Waals surface area (Å²) < 4.78 is 6.06. The average Bonchev–Trinajstić information content (AvgIpc) is 2.38. The highest BCUT2D eigenvalue weighted by Crippen LogP contribution is 2.34. The molecular formula is C18H28O. The van der Waals surface area contributed by atoms with E-state index < -0.39 is 0 Å². The van der Waals surface area contributed by atoms with Crippen LogP contribution in [0.2, 0.25) is 0 Å². The van der Waals surface area contributed by atoms with Crippen molar-refractivity contribution in [3.63, 3.8) is 0 Å². The van der Waals surface area contributed by atoms with Gasteiger partial charge in [-0.2, -0.15) is 0 Å². The van der Waals surface area contributed by atoms with Gasteiger partial charge in [0.05, 0.1) is 5.60 Å². The van der Waals surface area contributed by atoms with E-state index in [1.807, 2.05) is 6.08 Å². The van der Waals surface area contributed by atoms with Crippen LogP contribution in [0.15, 0.2) is 43.0 Å². The summed E-state index contributed by atoms with van der Waals surface area (Å²) in [5, 5.41) is 0. The maximum Gasteiger partial charge on any atom is 0.0879 e. The molecule has 106 valence electrons. The van der Waals surface area contributed by atoms with Crippen molar-refractivity contribution in [1.29, 1.82) is 0 Å². The van der Waals surface area contributed by atoms with E-state index in [0.717, 1.165) is 19.4 Å². The predicted molar refractivity (Wildman–Crippen MR) is 83.4 cm³/mol. The molecular weight excluding hydrogens is 232 g/mol. The van der Waals surface area contributed by atoms with E-state index in [1.54, 1.807) is 0 Å². The molecule has 0 amide bonds. The average molecular weight is 260 g/mol. The summed E-state index contributed by atoms with van der Waals surface area (Å²) in [4.78, 5) is 0. The molecule has 0 bridgehead atoms. The van der Waals surface area contributed by atoms with Gasteiger partial charge in [-0.25, -0.2) is 0 Å². The van der Waals surface area contributed by atoms with Crippen LogP contribution in [0.5, 0.6) is 0 Å². The quantitative estimate of drug-likeness (QED) is 0.494. The SMILES string of the molecule is C=CC(C)(OCCCCc1ccccc1)C(C)(C)C. The maximum absolute atomic E-state index is 6.06. The van der Waals surface area contributed by atoms with Gasteiger partial charge >= 0.3 is 0 Å². The van der Waals surface area contributed by atoms with E-state index in [1.165, 1.54) is 12.0 Å². The first-order valence-electron chi connectivity index (χ1n) is 7.20. The first kappa shape index (κ1) is 16.0. The normalized spacial score (nSPS) is 14.9. The Kier molecular flexibility index (Phi) is 5.81. The van der Waals surface area contributed by atoms with Crippen LogP contribution in [0.4, 0.5) is 0 Å².